The highest BCUT2D eigenvalue weighted by Crippen LogP contribution is 2.51. The second kappa shape index (κ2) is 8.57. The Labute approximate surface area is 203 Å². The van der Waals surface area contributed by atoms with Gasteiger partial charge in [0.15, 0.2) is 5.78 Å². The minimum Gasteiger partial charge on any atom is -0.406 e. The molecule has 1 aliphatic carbocycles. The molecule has 1 fully saturated rings. The molecule has 35 heavy (non-hydrogen) atoms. The van der Waals surface area contributed by atoms with Crippen LogP contribution in [0.2, 0.25) is 0 Å². The SMILES string of the molecule is CC(=O)c1cc2nc(Nc3ccc(OC(F)(F)F)cc3)n(C3CC(C)(C)CC(C)(C)C3)c2cc1C. The molecule has 0 saturated heterocycles. The predicted molar refractivity (Wildman–Crippen MR) is 131 cm³/mol. The van der Waals surface area contributed by atoms with Crippen molar-refractivity contribution >= 4 is 28.5 Å². The summed E-state index contributed by atoms with van der Waals surface area (Å²) in [5.74, 6) is 0.297. The summed E-state index contributed by atoms with van der Waals surface area (Å²) in [6.45, 7) is 12.6. The number of hydrogen-bond donors (Lipinski definition) is 1. The fourth-order valence-electron chi connectivity index (χ4n) is 5.92. The van der Waals surface area contributed by atoms with Crippen molar-refractivity contribution in [2.24, 2.45) is 10.8 Å². The molecule has 1 N–H and O–H groups in total. The van der Waals surface area contributed by atoms with Gasteiger partial charge in [0.05, 0.1) is 11.0 Å². The molecule has 0 amide bonds. The summed E-state index contributed by atoms with van der Waals surface area (Å²) in [7, 11) is 0. The van der Waals surface area contributed by atoms with Gasteiger partial charge >= 0.3 is 6.36 Å². The molecule has 3 aromatic rings. The standard InChI is InChI=1S/C27H32F3N3O2/c1-16-11-23-22(12-21(16)17(2)34)32-24(31-18-7-9-20(10-8-18)35-27(28,29)30)33(23)19-13-25(3,4)15-26(5,6)14-19/h7-12,19H,13-15H2,1-6H3,(H,31,32). The van der Waals surface area contributed by atoms with Crippen LogP contribution in [0.1, 0.15) is 75.8 Å². The first-order valence-corrected chi connectivity index (χ1v) is 11.8. The number of alkyl halides is 3. The second-order valence-electron chi connectivity index (χ2n) is 11.3. The van der Waals surface area contributed by atoms with Crippen LogP contribution in [-0.2, 0) is 0 Å². The van der Waals surface area contributed by atoms with Gasteiger partial charge in [-0.05, 0) is 85.9 Å². The van der Waals surface area contributed by atoms with Gasteiger partial charge in [-0.15, -0.1) is 13.2 Å². The fraction of sp³-hybridized carbons (Fsp3) is 0.481. The van der Waals surface area contributed by atoms with Crippen LogP contribution < -0.4 is 10.1 Å². The van der Waals surface area contributed by atoms with Crippen LogP contribution in [0.25, 0.3) is 11.0 Å². The average molecular weight is 488 g/mol. The Hall–Kier alpha value is -3.03. The maximum absolute atomic E-state index is 12.5. The number of fused-ring (bicyclic) bond motifs is 1. The van der Waals surface area contributed by atoms with Gasteiger partial charge in [0.2, 0.25) is 5.95 Å². The number of Topliss-reactive ketones (excluding diaryl/α,β-unsaturated/α-hetero) is 1. The molecule has 0 unspecified atom stereocenters. The Bertz CT molecular complexity index is 1240. The van der Waals surface area contributed by atoms with Crippen molar-refractivity contribution in [1.82, 2.24) is 9.55 Å². The summed E-state index contributed by atoms with van der Waals surface area (Å²) >= 11 is 0. The smallest absolute Gasteiger partial charge is 0.406 e. The van der Waals surface area contributed by atoms with Crippen molar-refractivity contribution in [2.75, 3.05) is 5.32 Å². The van der Waals surface area contributed by atoms with Gasteiger partial charge in [-0.1, -0.05) is 27.7 Å². The summed E-state index contributed by atoms with van der Waals surface area (Å²) in [4.78, 5) is 17.0. The first-order chi connectivity index (χ1) is 16.1. The molecule has 1 aromatic heterocycles. The van der Waals surface area contributed by atoms with E-state index in [2.05, 4.69) is 42.3 Å². The Kier molecular flexibility index (Phi) is 6.14. The number of carbonyl (C=O) groups excluding carboxylic acids is 1. The average Bonchev–Trinajstić information content (AvgIpc) is 3.01. The molecule has 0 atom stereocenters. The lowest BCUT2D eigenvalue weighted by atomic mass is 9.63. The lowest BCUT2D eigenvalue weighted by Crippen LogP contribution is -2.35. The maximum atomic E-state index is 12.5. The van der Waals surface area contributed by atoms with Crippen LogP contribution in [0.3, 0.4) is 0 Å². The van der Waals surface area contributed by atoms with Crippen LogP contribution in [0.15, 0.2) is 36.4 Å². The molecule has 8 heteroatoms. The van der Waals surface area contributed by atoms with Gasteiger partial charge in [-0.25, -0.2) is 4.98 Å². The number of ether oxygens (including phenoxy) is 1. The highest BCUT2D eigenvalue weighted by Gasteiger charge is 2.40. The monoisotopic (exact) mass is 487 g/mol. The number of hydrogen-bond acceptors (Lipinski definition) is 4. The Morgan fingerprint density at radius 1 is 1.09 bits per heavy atom. The van der Waals surface area contributed by atoms with E-state index >= 15 is 0 Å². The molecule has 188 valence electrons. The number of aromatic nitrogens is 2. The summed E-state index contributed by atoms with van der Waals surface area (Å²) in [6, 6.07) is 9.61. The van der Waals surface area contributed by atoms with E-state index in [1.165, 1.54) is 24.3 Å². The molecule has 1 aliphatic rings. The molecule has 0 radical (unpaired) electrons. The van der Waals surface area contributed by atoms with Crippen LogP contribution in [0, 0.1) is 17.8 Å². The van der Waals surface area contributed by atoms with Gasteiger partial charge in [0.1, 0.15) is 5.75 Å². The molecule has 4 rings (SSSR count). The lowest BCUT2D eigenvalue weighted by Gasteiger charge is -2.45. The zero-order valence-electron chi connectivity index (χ0n) is 21.0. The van der Waals surface area contributed by atoms with E-state index in [1.807, 2.05) is 19.1 Å². The van der Waals surface area contributed by atoms with Crippen LogP contribution in [0.4, 0.5) is 24.8 Å². The molecule has 1 heterocycles. The third-order valence-electron chi connectivity index (χ3n) is 6.66. The number of benzene rings is 2. The van der Waals surface area contributed by atoms with Crippen molar-refractivity contribution in [3.63, 3.8) is 0 Å². The van der Waals surface area contributed by atoms with Crippen LogP contribution in [0.5, 0.6) is 5.75 Å². The second-order valence-corrected chi connectivity index (χ2v) is 11.3. The van der Waals surface area contributed by atoms with Gasteiger partial charge in [-0.3, -0.25) is 4.79 Å². The molecule has 1 saturated carbocycles. The highest BCUT2D eigenvalue weighted by molar-refractivity contribution is 5.99. The summed E-state index contributed by atoms with van der Waals surface area (Å²) < 4.78 is 43.8. The van der Waals surface area contributed by atoms with Crippen LogP contribution in [-0.4, -0.2) is 21.7 Å². The molecule has 5 nitrogen and oxygen atoms in total. The molecular formula is C27H32F3N3O2. The van der Waals surface area contributed by atoms with E-state index in [0.717, 1.165) is 30.3 Å². The largest absolute Gasteiger partial charge is 0.573 e. The number of carbonyl (C=O) groups is 1. The van der Waals surface area contributed by atoms with Gasteiger partial charge in [0.25, 0.3) is 0 Å². The number of anilines is 2. The molecular weight excluding hydrogens is 455 g/mol. The van der Waals surface area contributed by atoms with E-state index < -0.39 is 6.36 Å². The number of aryl methyl sites for hydroxylation is 1. The Morgan fingerprint density at radius 3 is 2.23 bits per heavy atom. The number of nitrogens with one attached hydrogen (secondary N) is 1. The molecule has 0 bridgehead atoms. The zero-order valence-corrected chi connectivity index (χ0v) is 21.0. The van der Waals surface area contributed by atoms with Crippen molar-refractivity contribution in [2.45, 2.75) is 73.2 Å². The number of halogens is 3. The summed E-state index contributed by atoms with van der Waals surface area (Å²) in [5, 5.41) is 3.30. The highest BCUT2D eigenvalue weighted by atomic mass is 19.4. The van der Waals surface area contributed by atoms with Crippen molar-refractivity contribution in [3.05, 3.63) is 47.5 Å². The van der Waals surface area contributed by atoms with Crippen molar-refractivity contribution in [3.8, 4) is 5.75 Å². The van der Waals surface area contributed by atoms with E-state index in [4.69, 9.17) is 4.98 Å². The maximum Gasteiger partial charge on any atom is 0.573 e. The van der Waals surface area contributed by atoms with E-state index in [1.54, 1.807) is 6.92 Å². The van der Waals surface area contributed by atoms with Crippen LogP contribution >= 0.6 is 0 Å². The number of rotatable bonds is 5. The van der Waals surface area contributed by atoms with E-state index in [9.17, 15) is 18.0 Å². The van der Waals surface area contributed by atoms with Gasteiger partial charge < -0.3 is 14.6 Å². The van der Waals surface area contributed by atoms with Crippen molar-refractivity contribution in [1.29, 1.82) is 0 Å². The number of ketones is 1. The topological polar surface area (TPSA) is 56.1 Å². The Morgan fingerprint density at radius 2 is 1.69 bits per heavy atom. The normalized spacial score (nSPS) is 18.0. The first-order valence-electron chi connectivity index (χ1n) is 11.8. The third-order valence-corrected chi connectivity index (χ3v) is 6.66. The summed E-state index contributed by atoms with van der Waals surface area (Å²) in [5.41, 5.74) is 4.02. The third kappa shape index (κ3) is 5.63. The minimum atomic E-state index is -4.74. The number of imidazole rings is 1. The molecule has 2 aromatic carbocycles. The van der Waals surface area contributed by atoms with Crippen molar-refractivity contribution < 1.29 is 22.7 Å². The minimum absolute atomic E-state index is 0.0198. The van der Waals surface area contributed by atoms with Gasteiger partial charge in [-0.2, -0.15) is 0 Å². The Balaban J connectivity index is 1.79. The first kappa shape index (κ1) is 25.1. The molecule has 0 aliphatic heterocycles. The van der Waals surface area contributed by atoms with E-state index in [-0.39, 0.29) is 28.4 Å². The fourth-order valence-corrected chi connectivity index (χ4v) is 5.92. The van der Waals surface area contributed by atoms with Gasteiger partial charge in [0, 0.05) is 17.3 Å². The van der Waals surface area contributed by atoms with E-state index in [0.29, 0.717) is 22.7 Å². The predicted octanol–water partition coefficient (Wildman–Crippen LogP) is 7.97. The zero-order chi connectivity index (χ0) is 25.8. The molecule has 0 spiro atoms. The number of nitrogens with zero attached hydrogens (tertiary/aromatic N) is 2. The summed E-state index contributed by atoms with van der Waals surface area (Å²) in [6.07, 6.45) is -1.71. The quantitative estimate of drug-likeness (QED) is 0.371. The lowest BCUT2D eigenvalue weighted by molar-refractivity contribution is -0.274.